The van der Waals surface area contributed by atoms with Crippen LogP contribution in [0.2, 0.25) is 0 Å². The molecule has 0 aliphatic rings. The van der Waals surface area contributed by atoms with Crippen molar-refractivity contribution in [1.82, 2.24) is 14.8 Å². The highest BCUT2D eigenvalue weighted by Crippen LogP contribution is 2.19. The van der Waals surface area contributed by atoms with Gasteiger partial charge in [-0.2, -0.15) is 5.10 Å². The number of hydrogen-bond donors (Lipinski definition) is 0. The number of nitrogens with zero attached hydrogens (tertiary/aromatic N) is 3. The van der Waals surface area contributed by atoms with Gasteiger partial charge in [-0.05, 0) is 19.1 Å². The van der Waals surface area contributed by atoms with Crippen molar-refractivity contribution in [1.29, 1.82) is 0 Å². The molecule has 15 heavy (non-hydrogen) atoms. The molecule has 0 amide bonds. The van der Waals surface area contributed by atoms with Crippen LogP contribution < -0.4 is 0 Å². The van der Waals surface area contributed by atoms with E-state index in [2.05, 4.69) is 10.1 Å². The maximum atomic E-state index is 10.5. The van der Waals surface area contributed by atoms with E-state index in [0.717, 1.165) is 23.2 Å². The molecule has 2 rings (SSSR count). The summed E-state index contributed by atoms with van der Waals surface area (Å²) < 4.78 is 1.75. The Kier molecular flexibility index (Phi) is 2.33. The maximum Gasteiger partial charge on any atom is 0.151 e. The SMILES string of the molecule is Cc1nn(C)cc1-c1ccc(C=O)cn1. The van der Waals surface area contributed by atoms with E-state index >= 15 is 0 Å². The lowest BCUT2D eigenvalue weighted by atomic mass is 10.1. The molecule has 0 aliphatic carbocycles. The first kappa shape index (κ1) is 9.58. The van der Waals surface area contributed by atoms with Gasteiger partial charge in [0, 0.05) is 30.6 Å². The molecule has 0 bridgehead atoms. The molecule has 0 radical (unpaired) electrons. The Balaban J connectivity index is 2.45. The van der Waals surface area contributed by atoms with Crippen molar-refractivity contribution < 1.29 is 4.79 Å². The normalized spacial score (nSPS) is 10.3. The van der Waals surface area contributed by atoms with Crippen molar-refractivity contribution >= 4 is 6.29 Å². The number of carbonyl (C=O) groups is 1. The predicted molar refractivity (Wildman–Crippen MR) is 56.6 cm³/mol. The average molecular weight is 201 g/mol. The number of pyridine rings is 1. The standard InChI is InChI=1S/C11H11N3O/c1-8-10(6-14(2)13-8)11-4-3-9(7-15)5-12-11/h3-7H,1-2H3. The van der Waals surface area contributed by atoms with Gasteiger partial charge in [-0.25, -0.2) is 0 Å². The van der Waals surface area contributed by atoms with Crippen LogP contribution >= 0.6 is 0 Å². The second-order valence-electron chi connectivity index (χ2n) is 3.40. The zero-order valence-electron chi connectivity index (χ0n) is 8.64. The van der Waals surface area contributed by atoms with Gasteiger partial charge < -0.3 is 0 Å². The average Bonchev–Trinajstić information content (AvgIpc) is 2.58. The molecule has 2 heterocycles. The molecule has 0 saturated carbocycles. The van der Waals surface area contributed by atoms with Gasteiger partial charge in [-0.1, -0.05) is 0 Å². The lowest BCUT2D eigenvalue weighted by Crippen LogP contribution is -1.86. The van der Waals surface area contributed by atoms with Crippen molar-refractivity contribution in [2.45, 2.75) is 6.92 Å². The molecule has 4 heteroatoms. The molecule has 0 aliphatic heterocycles. The summed E-state index contributed by atoms with van der Waals surface area (Å²) in [5.41, 5.74) is 3.35. The van der Waals surface area contributed by atoms with Gasteiger partial charge in [-0.15, -0.1) is 0 Å². The zero-order valence-corrected chi connectivity index (χ0v) is 8.64. The summed E-state index contributed by atoms with van der Waals surface area (Å²) >= 11 is 0. The number of carbonyl (C=O) groups excluding carboxylic acids is 1. The number of rotatable bonds is 2. The second kappa shape index (κ2) is 3.65. The summed E-state index contributed by atoms with van der Waals surface area (Å²) in [6, 6.07) is 3.58. The quantitative estimate of drug-likeness (QED) is 0.693. The fourth-order valence-corrected chi connectivity index (χ4v) is 1.49. The largest absolute Gasteiger partial charge is 0.298 e. The molecular formula is C11H11N3O. The first-order valence-corrected chi connectivity index (χ1v) is 4.62. The van der Waals surface area contributed by atoms with Gasteiger partial charge in [0.1, 0.15) is 0 Å². The van der Waals surface area contributed by atoms with Crippen LogP contribution in [-0.2, 0) is 7.05 Å². The van der Waals surface area contributed by atoms with Crippen molar-refractivity contribution in [3.63, 3.8) is 0 Å². The van der Waals surface area contributed by atoms with Gasteiger partial charge in [0.2, 0.25) is 0 Å². The van der Waals surface area contributed by atoms with E-state index in [0.29, 0.717) is 5.56 Å². The number of aromatic nitrogens is 3. The molecule has 0 atom stereocenters. The van der Waals surface area contributed by atoms with Crippen molar-refractivity contribution in [3.05, 3.63) is 35.8 Å². The van der Waals surface area contributed by atoms with E-state index in [4.69, 9.17) is 0 Å². The summed E-state index contributed by atoms with van der Waals surface area (Å²) in [6.45, 7) is 1.94. The van der Waals surface area contributed by atoms with Gasteiger partial charge in [0.05, 0.1) is 11.4 Å². The molecule has 76 valence electrons. The van der Waals surface area contributed by atoms with Gasteiger partial charge in [-0.3, -0.25) is 14.5 Å². The molecule has 0 spiro atoms. The van der Waals surface area contributed by atoms with E-state index in [1.165, 1.54) is 0 Å². The van der Waals surface area contributed by atoms with Crippen molar-refractivity contribution in [3.8, 4) is 11.3 Å². The predicted octanol–water partition coefficient (Wildman–Crippen LogP) is 1.60. The van der Waals surface area contributed by atoms with Crippen LogP contribution in [0, 0.1) is 6.92 Å². The minimum atomic E-state index is 0.584. The van der Waals surface area contributed by atoms with E-state index in [1.54, 1.807) is 16.9 Å². The highest BCUT2D eigenvalue weighted by Gasteiger charge is 2.06. The van der Waals surface area contributed by atoms with Gasteiger partial charge >= 0.3 is 0 Å². The zero-order chi connectivity index (χ0) is 10.8. The molecule has 0 N–H and O–H groups in total. The Morgan fingerprint density at radius 2 is 2.20 bits per heavy atom. The highest BCUT2D eigenvalue weighted by molar-refractivity contribution is 5.75. The molecule has 0 saturated heterocycles. The van der Waals surface area contributed by atoms with E-state index in [-0.39, 0.29) is 0 Å². The first-order chi connectivity index (χ1) is 7.20. The summed E-state index contributed by atoms with van der Waals surface area (Å²) in [4.78, 5) is 14.7. The van der Waals surface area contributed by atoms with Crippen LogP contribution in [0.5, 0.6) is 0 Å². The minimum Gasteiger partial charge on any atom is -0.298 e. The summed E-state index contributed by atoms with van der Waals surface area (Å²) in [7, 11) is 1.87. The van der Waals surface area contributed by atoms with Crippen LogP contribution in [0.1, 0.15) is 16.1 Å². The number of hydrogen-bond acceptors (Lipinski definition) is 3. The maximum absolute atomic E-state index is 10.5. The Bertz CT molecular complexity index is 485. The molecule has 0 unspecified atom stereocenters. The second-order valence-corrected chi connectivity index (χ2v) is 3.40. The van der Waals surface area contributed by atoms with Crippen LogP contribution in [0.3, 0.4) is 0 Å². The molecular weight excluding hydrogens is 190 g/mol. The molecule has 0 fully saturated rings. The minimum absolute atomic E-state index is 0.584. The van der Waals surface area contributed by atoms with E-state index < -0.39 is 0 Å². The molecule has 4 nitrogen and oxygen atoms in total. The third kappa shape index (κ3) is 1.79. The Morgan fingerprint density at radius 3 is 2.67 bits per heavy atom. The summed E-state index contributed by atoms with van der Waals surface area (Å²) in [5.74, 6) is 0. The summed E-state index contributed by atoms with van der Waals surface area (Å²) in [6.07, 6.45) is 4.26. The van der Waals surface area contributed by atoms with Crippen LogP contribution in [0.25, 0.3) is 11.3 Å². The number of aryl methyl sites for hydroxylation is 2. The smallest absolute Gasteiger partial charge is 0.151 e. The number of aldehydes is 1. The van der Waals surface area contributed by atoms with Crippen molar-refractivity contribution in [2.24, 2.45) is 7.05 Å². The fourth-order valence-electron chi connectivity index (χ4n) is 1.49. The Labute approximate surface area is 87.6 Å². The fraction of sp³-hybridized carbons (Fsp3) is 0.182. The van der Waals surface area contributed by atoms with Crippen LogP contribution in [-0.4, -0.2) is 21.1 Å². The van der Waals surface area contributed by atoms with Crippen LogP contribution in [0.15, 0.2) is 24.5 Å². The topological polar surface area (TPSA) is 47.8 Å². The Morgan fingerprint density at radius 1 is 1.40 bits per heavy atom. The monoisotopic (exact) mass is 201 g/mol. The van der Waals surface area contributed by atoms with Gasteiger partial charge in [0.15, 0.2) is 6.29 Å². The molecule has 2 aromatic heterocycles. The third-order valence-corrected chi connectivity index (χ3v) is 2.21. The molecule has 2 aromatic rings. The van der Waals surface area contributed by atoms with E-state index in [9.17, 15) is 4.79 Å². The lowest BCUT2D eigenvalue weighted by Gasteiger charge is -1.97. The third-order valence-electron chi connectivity index (χ3n) is 2.21. The van der Waals surface area contributed by atoms with Crippen molar-refractivity contribution in [2.75, 3.05) is 0 Å². The summed E-state index contributed by atoms with van der Waals surface area (Å²) in [5, 5.41) is 4.24. The van der Waals surface area contributed by atoms with Gasteiger partial charge in [0.25, 0.3) is 0 Å². The Hall–Kier alpha value is -1.97. The first-order valence-electron chi connectivity index (χ1n) is 4.62. The van der Waals surface area contributed by atoms with Crippen LogP contribution in [0.4, 0.5) is 0 Å². The highest BCUT2D eigenvalue weighted by atomic mass is 16.1. The lowest BCUT2D eigenvalue weighted by molar-refractivity contribution is 0.112. The molecule has 0 aromatic carbocycles. The van der Waals surface area contributed by atoms with E-state index in [1.807, 2.05) is 26.2 Å².